The molecule has 0 aromatic heterocycles. The molecule has 32 heavy (non-hydrogen) atoms. The van der Waals surface area contributed by atoms with Crippen molar-refractivity contribution in [1.82, 2.24) is 10.9 Å². The standard InChI is InChI=1S/C23H22ClN3O4S/c1-15(2)16-10-12-17(13-11-16)22(28)25-26-23(29)18-6-5-7-19(14-18)32(30,31)27-21-9-4-3-8-20(21)24/h3-15,27H,1-2H3,(H,25,28)(H,26,29). The maximum absolute atomic E-state index is 12.7. The molecule has 0 spiro atoms. The van der Waals surface area contributed by atoms with E-state index in [1.54, 1.807) is 30.3 Å². The topological polar surface area (TPSA) is 104 Å². The lowest BCUT2D eigenvalue weighted by Crippen LogP contribution is -2.41. The number of halogens is 1. The number of carbonyl (C=O) groups excluding carboxylic acids is 2. The molecule has 9 heteroatoms. The summed E-state index contributed by atoms with van der Waals surface area (Å²) in [5.41, 5.74) is 6.38. The first kappa shape index (κ1) is 23.3. The average molecular weight is 472 g/mol. The molecular weight excluding hydrogens is 450 g/mol. The predicted octanol–water partition coefficient (Wildman–Crippen LogP) is 4.34. The van der Waals surface area contributed by atoms with Gasteiger partial charge in [-0.3, -0.25) is 25.2 Å². The molecule has 0 unspecified atom stereocenters. The SMILES string of the molecule is CC(C)c1ccc(C(=O)NNC(=O)c2cccc(S(=O)(=O)Nc3ccccc3Cl)c2)cc1. The monoisotopic (exact) mass is 471 g/mol. The van der Waals surface area contributed by atoms with Crippen LogP contribution in [0.4, 0.5) is 5.69 Å². The van der Waals surface area contributed by atoms with E-state index in [2.05, 4.69) is 15.6 Å². The molecule has 3 rings (SSSR count). The summed E-state index contributed by atoms with van der Waals surface area (Å²) in [4.78, 5) is 24.6. The predicted molar refractivity (Wildman–Crippen MR) is 124 cm³/mol. The third-order valence-electron chi connectivity index (χ3n) is 4.65. The van der Waals surface area contributed by atoms with E-state index < -0.39 is 21.8 Å². The molecule has 0 radical (unpaired) electrons. The molecule has 0 aliphatic carbocycles. The Morgan fingerprint density at radius 2 is 1.44 bits per heavy atom. The molecule has 0 atom stereocenters. The quantitative estimate of drug-likeness (QED) is 0.465. The molecule has 0 bridgehead atoms. The van der Waals surface area contributed by atoms with Crippen LogP contribution in [0.1, 0.15) is 46.0 Å². The van der Waals surface area contributed by atoms with Crippen molar-refractivity contribution in [2.45, 2.75) is 24.7 Å². The van der Waals surface area contributed by atoms with Gasteiger partial charge in [-0.1, -0.05) is 55.8 Å². The molecule has 7 nitrogen and oxygen atoms in total. The number of hydrogen-bond acceptors (Lipinski definition) is 4. The molecule has 3 aromatic carbocycles. The fraction of sp³-hybridized carbons (Fsp3) is 0.130. The second-order valence-electron chi connectivity index (χ2n) is 7.30. The summed E-state index contributed by atoms with van der Waals surface area (Å²) in [6, 6.07) is 18.9. The van der Waals surface area contributed by atoms with Gasteiger partial charge in [-0.25, -0.2) is 8.42 Å². The number of benzene rings is 3. The first-order chi connectivity index (χ1) is 15.2. The minimum absolute atomic E-state index is 0.0579. The number of anilines is 1. The molecule has 2 amide bonds. The normalized spacial score (nSPS) is 11.1. The van der Waals surface area contributed by atoms with Crippen molar-refractivity contribution >= 4 is 39.1 Å². The summed E-state index contributed by atoms with van der Waals surface area (Å²) in [6.07, 6.45) is 0. The highest BCUT2D eigenvalue weighted by Gasteiger charge is 2.18. The van der Waals surface area contributed by atoms with Gasteiger partial charge in [0.1, 0.15) is 0 Å². The lowest BCUT2D eigenvalue weighted by Gasteiger charge is -2.11. The van der Waals surface area contributed by atoms with Gasteiger partial charge in [-0.05, 0) is 53.9 Å². The number of hydrazine groups is 1. The molecule has 0 fully saturated rings. The fourth-order valence-electron chi connectivity index (χ4n) is 2.83. The number of hydrogen-bond donors (Lipinski definition) is 3. The van der Waals surface area contributed by atoms with Crippen LogP contribution >= 0.6 is 11.6 Å². The van der Waals surface area contributed by atoms with Gasteiger partial charge in [0.2, 0.25) is 0 Å². The molecule has 0 aliphatic heterocycles. The minimum atomic E-state index is -3.98. The van der Waals surface area contributed by atoms with E-state index in [0.717, 1.165) is 5.56 Å². The second-order valence-corrected chi connectivity index (χ2v) is 9.39. The minimum Gasteiger partial charge on any atom is -0.278 e. The van der Waals surface area contributed by atoms with Gasteiger partial charge in [0.15, 0.2) is 0 Å². The van der Waals surface area contributed by atoms with Gasteiger partial charge < -0.3 is 0 Å². The Bertz CT molecular complexity index is 1240. The smallest absolute Gasteiger partial charge is 0.269 e. The van der Waals surface area contributed by atoms with Crippen molar-refractivity contribution < 1.29 is 18.0 Å². The lowest BCUT2D eigenvalue weighted by molar-refractivity contribution is 0.0846. The number of rotatable bonds is 6. The zero-order valence-electron chi connectivity index (χ0n) is 17.4. The van der Waals surface area contributed by atoms with Crippen LogP contribution in [0.3, 0.4) is 0 Å². The Morgan fingerprint density at radius 1 is 0.812 bits per heavy atom. The van der Waals surface area contributed by atoms with Crippen molar-refractivity contribution in [2.75, 3.05) is 4.72 Å². The summed E-state index contributed by atoms with van der Waals surface area (Å²) in [5.74, 6) is -0.812. The van der Waals surface area contributed by atoms with E-state index in [9.17, 15) is 18.0 Å². The van der Waals surface area contributed by atoms with Gasteiger partial charge in [-0.15, -0.1) is 0 Å². The molecule has 3 aromatic rings. The number of nitrogens with one attached hydrogen (secondary N) is 3. The second kappa shape index (κ2) is 9.84. The maximum atomic E-state index is 12.7. The number of carbonyl (C=O) groups is 2. The molecule has 3 N–H and O–H groups in total. The zero-order valence-corrected chi connectivity index (χ0v) is 19.0. The molecule has 0 aliphatic rings. The largest absolute Gasteiger partial charge is 0.278 e. The maximum Gasteiger partial charge on any atom is 0.269 e. The van der Waals surface area contributed by atoms with Crippen molar-refractivity contribution in [3.63, 3.8) is 0 Å². The highest BCUT2D eigenvalue weighted by molar-refractivity contribution is 7.92. The summed E-state index contributed by atoms with van der Waals surface area (Å²) in [5, 5.41) is 0.245. The number of amides is 2. The van der Waals surface area contributed by atoms with E-state index in [1.165, 1.54) is 30.3 Å². The zero-order chi connectivity index (χ0) is 23.3. The van der Waals surface area contributed by atoms with Crippen LogP contribution in [0.5, 0.6) is 0 Å². The van der Waals surface area contributed by atoms with Crippen molar-refractivity contribution in [1.29, 1.82) is 0 Å². The van der Waals surface area contributed by atoms with E-state index in [-0.39, 0.29) is 21.2 Å². The summed E-state index contributed by atoms with van der Waals surface area (Å²) in [7, 11) is -3.98. The molecule has 0 saturated carbocycles. The van der Waals surface area contributed by atoms with Crippen LogP contribution < -0.4 is 15.6 Å². The van der Waals surface area contributed by atoms with Crippen LogP contribution in [0.15, 0.2) is 77.7 Å². The third-order valence-corrected chi connectivity index (χ3v) is 6.35. The third kappa shape index (κ3) is 5.66. The Kier molecular flexibility index (Phi) is 7.17. The van der Waals surface area contributed by atoms with E-state index >= 15 is 0 Å². The van der Waals surface area contributed by atoms with E-state index in [1.807, 2.05) is 26.0 Å². The number of sulfonamides is 1. The van der Waals surface area contributed by atoms with Gasteiger partial charge in [0.25, 0.3) is 21.8 Å². The van der Waals surface area contributed by atoms with Gasteiger partial charge >= 0.3 is 0 Å². The van der Waals surface area contributed by atoms with Gasteiger partial charge in [0.05, 0.1) is 15.6 Å². The summed E-state index contributed by atoms with van der Waals surface area (Å²) in [6.45, 7) is 4.10. The van der Waals surface area contributed by atoms with E-state index in [0.29, 0.717) is 11.5 Å². The first-order valence-electron chi connectivity index (χ1n) is 9.75. The Balaban J connectivity index is 1.68. The van der Waals surface area contributed by atoms with Crippen LogP contribution in [0.2, 0.25) is 5.02 Å². The van der Waals surface area contributed by atoms with Crippen molar-refractivity contribution in [3.8, 4) is 0 Å². The number of para-hydroxylation sites is 1. The average Bonchev–Trinajstić information content (AvgIpc) is 2.78. The highest BCUT2D eigenvalue weighted by Crippen LogP contribution is 2.24. The van der Waals surface area contributed by atoms with Crippen LogP contribution in [-0.4, -0.2) is 20.2 Å². The summed E-state index contributed by atoms with van der Waals surface area (Å²) >= 11 is 6.01. The Labute approximate surface area is 191 Å². The summed E-state index contributed by atoms with van der Waals surface area (Å²) < 4.78 is 27.8. The van der Waals surface area contributed by atoms with E-state index in [4.69, 9.17) is 11.6 Å². The first-order valence-corrected chi connectivity index (χ1v) is 11.6. The molecular formula is C23H22ClN3O4S. The van der Waals surface area contributed by atoms with Crippen LogP contribution in [-0.2, 0) is 10.0 Å². The Hall–Kier alpha value is -3.36. The Morgan fingerprint density at radius 3 is 2.06 bits per heavy atom. The van der Waals surface area contributed by atoms with Crippen molar-refractivity contribution in [3.05, 3.63) is 94.5 Å². The fourth-order valence-corrected chi connectivity index (χ4v) is 4.19. The van der Waals surface area contributed by atoms with Crippen molar-refractivity contribution in [2.24, 2.45) is 0 Å². The molecule has 0 heterocycles. The van der Waals surface area contributed by atoms with Gasteiger partial charge in [0, 0.05) is 11.1 Å². The molecule has 166 valence electrons. The van der Waals surface area contributed by atoms with Crippen LogP contribution in [0.25, 0.3) is 0 Å². The highest BCUT2D eigenvalue weighted by atomic mass is 35.5. The molecule has 0 saturated heterocycles. The van der Waals surface area contributed by atoms with Gasteiger partial charge in [-0.2, -0.15) is 0 Å². The van der Waals surface area contributed by atoms with Crippen LogP contribution in [0, 0.1) is 0 Å². The lowest BCUT2D eigenvalue weighted by atomic mass is 10.0.